The van der Waals surface area contributed by atoms with Crippen molar-refractivity contribution in [1.82, 2.24) is 4.98 Å². The Morgan fingerprint density at radius 3 is 2.47 bits per heavy atom. The Bertz CT molecular complexity index is 1140. The first-order valence-electron chi connectivity index (χ1n) is 9.06. The summed E-state index contributed by atoms with van der Waals surface area (Å²) in [6.45, 7) is 1.70. The molecule has 2 aromatic carbocycles. The number of carbonyl (C=O) groups excluding carboxylic acids is 1. The zero-order chi connectivity index (χ0) is 21.7. The Kier molecular flexibility index (Phi) is 6.31. The van der Waals surface area contributed by atoms with Crippen molar-refractivity contribution in [2.75, 3.05) is 10.1 Å². The Morgan fingerprint density at radius 2 is 1.90 bits per heavy atom. The minimum Gasteiger partial charge on any atom is -0.454 e. The number of carbonyl (C=O) groups is 1. The molecule has 0 unspecified atom stereocenters. The normalized spacial score (nSPS) is 11.1. The summed E-state index contributed by atoms with van der Waals surface area (Å²) >= 11 is 0. The zero-order valence-corrected chi connectivity index (χ0v) is 17.0. The second-order valence-electron chi connectivity index (χ2n) is 6.37. The maximum Gasteiger partial charge on any atom is 0.248 e. The van der Waals surface area contributed by atoms with Crippen molar-refractivity contribution in [2.45, 2.75) is 13.5 Å². The van der Waals surface area contributed by atoms with Crippen molar-refractivity contribution in [1.29, 1.82) is 0 Å². The van der Waals surface area contributed by atoms with Crippen LogP contribution in [0.25, 0.3) is 0 Å². The van der Waals surface area contributed by atoms with Crippen molar-refractivity contribution >= 4 is 21.6 Å². The third-order valence-electron chi connectivity index (χ3n) is 4.32. The van der Waals surface area contributed by atoms with Crippen LogP contribution < -0.4 is 14.8 Å². The number of ether oxygens (including phenoxy) is 1. The molecule has 0 spiro atoms. The van der Waals surface area contributed by atoms with Crippen LogP contribution in [-0.2, 0) is 16.6 Å². The Balaban J connectivity index is 1.84. The molecular weight excluding hydrogens is 409 g/mol. The number of hydrogen-bond donors (Lipinski definition) is 1. The third-order valence-corrected chi connectivity index (χ3v) is 6.06. The second kappa shape index (κ2) is 8.91. The van der Waals surface area contributed by atoms with Crippen LogP contribution in [0.4, 0.5) is 10.1 Å². The van der Waals surface area contributed by atoms with Gasteiger partial charge in [0.25, 0.3) is 0 Å². The van der Waals surface area contributed by atoms with Gasteiger partial charge >= 0.3 is 0 Å². The zero-order valence-electron chi connectivity index (χ0n) is 16.2. The first-order valence-corrected chi connectivity index (χ1v) is 10.7. The molecule has 0 saturated heterocycles. The summed E-state index contributed by atoms with van der Waals surface area (Å²) in [6, 6.07) is 13.4. The van der Waals surface area contributed by atoms with E-state index in [4.69, 9.17) is 10.5 Å². The lowest BCUT2D eigenvalue weighted by molar-refractivity contribution is 0.1000. The maximum atomic E-state index is 14.1. The fourth-order valence-electron chi connectivity index (χ4n) is 2.71. The van der Waals surface area contributed by atoms with Crippen LogP contribution in [-0.4, -0.2) is 25.1 Å². The molecular formula is C21H20FN3O4S. The van der Waals surface area contributed by atoms with Crippen LogP contribution in [0.1, 0.15) is 22.8 Å². The summed E-state index contributed by atoms with van der Waals surface area (Å²) in [5.74, 6) is -1.32. The van der Waals surface area contributed by atoms with Crippen molar-refractivity contribution < 1.29 is 22.3 Å². The van der Waals surface area contributed by atoms with Crippen molar-refractivity contribution in [3.8, 4) is 11.5 Å². The van der Waals surface area contributed by atoms with Crippen LogP contribution in [0.3, 0.4) is 0 Å². The van der Waals surface area contributed by atoms with Crippen LogP contribution in [0.5, 0.6) is 11.5 Å². The number of pyridine rings is 1. The Morgan fingerprint density at radius 1 is 1.17 bits per heavy atom. The number of halogens is 1. The fourth-order valence-corrected chi connectivity index (χ4v) is 3.81. The highest BCUT2D eigenvalue weighted by atomic mass is 32.2. The lowest BCUT2D eigenvalue weighted by atomic mass is 10.2. The van der Waals surface area contributed by atoms with Gasteiger partial charge in [0.05, 0.1) is 18.0 Å². The summed E-state index contributed by atoms with van der Waals surface area (Å²) in [5.41, 5.74) is 6.35. The number of benzene rings is 2. The van der Waals surface area contributed by atoms with E-state index in [1.807, 2.05) is 0 Å². The number of amides is 1. The predicted molar refractivity (Wildman–Crippen MR) is 111 cm³/mol. The molecule has 1 heterocycles. The van der Waals surface area contributed by atoms with Crippen LogP contribution in [0.2, 0.25) is 0 Å². The summed E-state index contributed by atoms with van der Waals surface area (Å²) in [7, 11) is -3.54. The van der Waals surface area contributed by atoms with Gasteiger partial charge in [0.2, 0.25) is 15.9 Å². The van der Waals surface area contributed by atoms with Crippen molar-refractivity contribution in [3.63, 3.8) is 0 Å². The highest BCUT2D eigenvalue weighted by molar-refractivity contribution is 7.92. The maximum absolute atomic E-state index is 14.1. The van der Waals surface area contributed by atoms with Crippen LogP contribution in [0, 0.1) is 5.82 Å². The molecule has 1 aromatic heterocycles. The first-order chi connectivity index (χ1) is 14.3. The number of primary amides is 1. The molecule has 30 heavy (non-hydrogen) atoms. The largest absolute Gasteiger partial charge is 0.454 e. The highest BCUT2D eigenvalue weighted by Gasteiger charge is 2.21. The molecule has 0 fully saturated rings. The number of rotatable bonds is 8. The number of aromatic nitrogens is 1. The minimum absolute atomic E-state index is 0.0333. The number of anilines is 1. The molecule has 2 N–H and O–H groups in total. The smallest absolute Gasteiger partial charge is 0.248 e. The SMILES string of the molecule is CCS(=O)(=O)N(Cc1cccnc1)c1ccc(Oc2ccc(C(N)=O)cc2F)cc1. The van der Waals surface area contributed by atoms with Gasteiger partial charge in [-0.1, -0.05) is 6.07 Å². The summed E-state index contributed by atoms with van der Waals surface area (Å²) < 4.78 is 46.1. The topological polar surface area (TPSA) is 103 Å². The van der Waals surface area contributed by atoms with E-state index >= 15 is 0 Å². The van der Waals surface area contributed by atoms with E-state index in [-0.39, 0.29) is 23.6 Å². The van der Waals surface area contributed by atoms with Gasteiger partial charge in [-0.25, -0.2) is 12.8 Å². The average molecular weight is 429 g/mol. The summed E-state index contributed by atoms with van der Waals surface area (Å²) in [5, 5.41) is 0. The van der Waals surface area contributed by atoms with Crippen LogP contribution in [0.15, 0.2) is 67.0 Å². The Labute approximate surface area is 174 Å². The van der Waals surface area contributed by atoms with Gasteiger partial charge in [-0.05, 0) is 61.0 Å². The van der Waals surface area contributed by atoms with E-state index < -0.39 is 21.7 Å². The molecule has 1 amide bonds. The highest BCUT2D eigenvalue weighted by Crippen LogP contribution is 2.29. The van der Waals surface area contributed by atoms with E-state index in [2.05, 4.69) is 4.98 Å². The van der Waals surface area contributed by atoms with Gasteiger partial charge in [0.15, 0.2) is 11.6 Å². The standard InChI is InChI=1S/C21H20FN3O4S/c1-2-30(27,28)25(14-15-4-3-11-24-13-15)17-6-8-18(9-7-17)29-20-10-5-16(21(23)26)12-19(20)22/h3-13H,2,14H2,1H3,(H2,23,26). The van der Waals surface area contributed by atoms with Crippen molar-refractivity contribution in [2.24, 2.45) is 5.73 Å². The third kappa shape index (κ3) is 4.93. The van der Waals surface area contributed by atoms with Gasteiger partial charge in [-0.15, -0.1) is 0 Å². The minimum atomic E-state index is -3.54. The van der Waals surface area contributed by atoms with Gasteiger partial charge < -0.3 is 10.5 Å². The van der Waals surface area contributed by atoms with Gasteiger partial charge in [0.1, 0.15) is 5.75 Å². The molecule has 3 aromatic rings. The summed E-state index contributed by atoms with van der Waals surface area (Å²) in [4.78, 5) is 15.1. The van der Waals surface area contributed by atoms with E-state index in [1.54, 1.807) is 43.6 Å². The van der Waals surface area contributed by atoms with Gasteiger partial charge in [-0.2, -0.15) is 0 Å². The Hall–Kier alpha value is -3.46. The predicted octanol–water partition coefficient (Wildman–Crippen LogP) is 3.47. The number of nitrogens with two attached hydrogens (primary N) is 1. The molecule has 0 aliphatic rings. The number of nitrogens with zero attached hydrogens (tertiary/aromatic N) is 2. The van der Waals surface area contributed by atoms with E-state index in [1.165, 1.54) is 28.6 Å². The fraction of sp³-hybridized carbons (Fsp3) is 0.143. The van der Waals surface area contributed by atoms with Gasteiger partial charge in [-0.3, -0.25) is 14.1 Å². The molecule has 0 saturated carbocycles. The molecule has 0 bridgehead atoms. The lowest BCUT2D eigenvalue weighted by Gasteiger charge is -2.24. The molecule has 0 aliphatic carbocycles. The quantitative estimate of drug-likeness (QED) is 0.591. The average Bonchev–Trinajstić information content (AvgIpc) is 2.74. The molecule has 156 valence electrons. The van der Waals surface area contributed by atoms with E-state index in [9.17, 15) is 17.6 Å². The second-order valence-corrected chi connectivity index (χ2v) is 8.56. The lowest BCUT2D eigenvalue weighted by Crippen LogP contribution is -2.31. The van der Waals surface area contributed by atoms with Crippen LogP contribution >= 0.6 is 0 Å². The van der Waals surface area contributed by atoms with Gasteiger partial charge in [0, 0.05) is 18.0 Å². The van der Waals surface area contributed by atoms with Crippen molar-refractivity contribution in [3.05, 3.63) is 83.9 Å². The number of sulfonamides is 1. The summed E-state index contributed by atoms with van der Waals surface area (Å²) in [6.07, 6.45) is 3.22. The molecule has 3 rings (SSSR count). The molecule has 9 heteroatoms. The molecule has 0 radical (unpaired) electrons. The molecule has 7 nitrogen and oxygen atoms in total. The monoisotopic (exact) mass is 429 g/mol. The number of hydrogen-bond acceptors (Lipinski definition) is 5. The molecule has 0 atom stereocenters. The first kappa shape index (κ1) is 21.3. The van der Waals surface area contributed by atoms with E-state index in [0.717, 1.165) is 11.6 Å². The van der Waals surface area contributed by atoms with E-state index in [0.29, 0.717) is 11.4 Å². The molecule has 0 aliphatic heterocycles.